The second-order valence-electron chi connectivity index (χ2n) is 4.36. The van der Waals surface area contributed by atoms with Crippen molar-refractivity contribution in [3.8, 4) is 5.75 Å². The third-order valence-electron chi connectivity index (χ3n) is 3.15. The molecule has 20 heavy (non-hydrogen) atoms. The van der Waals surface area contributed by atoms with Crippen molar-refractivity contribution in [2.45, 2.75) is 5.25 Å². The van der Waals surface area contributed by atoms with E-state index in [-0.39, 0.29) is 17.1 Å². The molecule has 0 spiro atoms. The Kier molecular flexibility index (Phi) is 4.89. The van der Waals surface area contributed by atoms with Gasteiger partial charge in [0.15, 0.2) is 0 Å². The summed E-state index contributed by atoms with van der Waals surface area (Å²) in [5, 5.41) is -0.295. The van der Waals surface area contributed by atoms with E-state index in [0.717, 1.165) is 5.75 Å². The number of carbonyl (C=O) groups excluding carboxylic acids is 2. The predicted octanol–water partition coefficient (Wildman–Crippen LogP) is 1.43. The molecular weight excluding hydrogens is 278 g/mol. The number of thioether (sulfide) groups is 1. The number of esters is 1. The van der Waals surface area contributed by atoms with Crippen LogP contribution in [0.4, 0.5) is 0 Å². The monoisotopic (exact) mass is 295 g/mol. The summed E-state index contributed by atoms with van der Waals surface area (Å²) in [5.41, 5.74) is 0.598. The standard InChI is InChI=1S/C14H17NO4S/c1-18-11-5-3-10(4-6-11)13(16)15-7-8-20-12(9-15)14(17)19-2/h3-6,12H,7-9H2,1-2H3/t12-/m1/s1. The van der Waals surface area contributed by atoms with E-state index < -0.39 is 0 Å². The molecule has 1 heterocycles. The Balaban J connectivity index is 2.05. The SMILES string of the molecule is COC(=O)[C@H]1CN(C(=O)c2ccc(OC)cc2)CCS1. The number of amides is 1. The van der Waals surface area contributed by atoms with E-state index in [1.165, 1.54) is 18.9 Å². The van der Waals surface area contributed by atoms with Crippen LogP contribution in [-0.4, -0.2) is 55.1 Å². The molecule has 0 aliphatic carbocycles. The van der Waals surface area contributed by atoms with Gasteiger partial charge in [-0.05, 0) is 24.3 Å². The number of hydrogen-bond acceptors (Lipinski definition) is 5. The minimum atomic E-state index is -0.295. The molecule has 1 fully saturated rings. The van der Waals surface area contributed by atoms with Crippen molar-refractivity contribution in [1.82, 2.24) is 4.90 Å². The highest BCUT2D eigenvalue weighted by Gasteiger charge is 2.30. The number of carbonyl (C=O) groups is 2. The molecule has 1 atom stereocenters. The molecule has 0 aromatic heterocycles. The fourth-order valence-electron chi connectivity index (χ4n) is 2.02. The Labute approximate surface area is 122 Å². The van der Waals surface area contributed by atoms with Crippen LogP contribution in [0.1, 0.15) is 10.4 Å². The molecule has 0 bridgehead atoms. The van der Waals surface area contributed by atoms with E-state index in [9.17, 15) is 9.59 Å². The van der Waals surface area contributed by atoms with E-state index in [4.69, 9.17) is 9.47 Å². The van der Waals surface area contributed by atoms with E-state index in [0.29, 0.717) is 24.4 Å². The van der Waals surface area contributed by atoms with Gasteiger partial charge in [-0.15, -0.1) is 11.8 Å². The van der Waals surface area contributed by atoms with Gasteiger partial charge in [0.25, 0.3) is 5.91 Å². The molecular formula is C14H17NO4S. The first-order chi connectivity index (χ1) is 9.65. The highest BCUT2D eigenvalue weighted by atomic mass is 32.2. The van der Waals surface area contributed by atoms with Crippen molar-refractivity contribution in [3.05, 3.63) is 29.8 Å². The third-order valence-corrected chi connectivity index (χ3v) is 4.32. The molecule has 2 rings (SSSR count). The summed E-state index contributed by atoms with van der Waals surface area (Å²) in [6.07, 6.45) is 0. The second-order valence-corrected chi connectivity index (χ2v) is 5.67. The molecule has 5 nitrogen and oxygen atoms in total. The fourth-order valence-corrected chi connectivity index (χ4v) is 3.15. The van der Waals surface area contributed by atoms with Gasteiger partial charge in [0, 0.05) is 24.4 Å². The van der Waals surface area contributed by atoms with Crippen LogP contribution >= 0.6 is 11.8 Å². The first-order valence-electron chi connectivity index (χ1n) is 6.28. The number of benzene rings is 1. The molecule has 6 heteroatoms. The van der Waals surface area contributed by atoms with Gasteiger partial charge in [0.1, 0.15) is 11.0 Å². The lowest BCUT2D eigenvalue weighted by molar-refractivity contribution is -0.140. The van der Waals surface area contributed by atoms with Crippen LogP contribution in [0.25, 0.3) is 0 Å². The van der Waals surface area contributed by atoms with Gasteiger partial charge >= 0.3 is 5.97 Å². The summed E-state index contributed by atoms with van der Waals surface area (Å²) in [6.45, 7) is 1.03. The summed E-state index contributed by atoms with van der Waals surface area (Å²) in [6, 6.07) is 6.97. The molecule has 1 aromatic carbocycles. The highest BCUT2D eigenvalue weighted by molar-refractivity contribution is 8.00. The average molecular weight is 295 g/mol. The molecule has 1 saturated heterocycles. The van der Waals surface area contributed by atoms with Crippen molar-refractivity contribution in [2.24, 2.45) is 0 Å². The smallest absolute Gasteiger partial charge is 0.320 e. The van der Waals surface area contributed by atoms with Gasteiger partial charge < -0.3 is 14.4 Å². The van der Waals surface area contributed by atoms with Crippen molar-refractivity contribution in [3.63, 3.8) is 0 Å². The maximum atomic E-state index is 12.4. The Bertz CT molecular complexity index is 488. The predicted molar refractivity (Wildman–Crippen MR) is 77.2 cm³/mol. The van der Waals surface area contributed by atoms with Crippen LogP contribution < -0.4 is 4.74 Å². The number of nitrogens with zero attached hydrogens (tertiary/aromatic N) is 1. The van der Waals surface area contributed by atoms with E-state index >= 15 is 0 Å². The quantitative estimate of drug-likeness (QED) is 0.790. The van der Waals surface area contributed by atoms with Crippen LogP contribution in [0.5, 0.6) is 5.75 Å². The summed E-state index contributed by atoms with van der Waals surface area (Å²) in [5.74, 6) is 1.11. The second kappa shape index (κ2) is 6.65. The van der Waals surface area contributed by atoms with Gasteiger partial charge in [-0.3, -0.25) is 9.59 Å². The number of rotatable bonds is 3. The Morgan fingerprint density at radius 2 is 1.95 bits per heavy atom. The van der Waals surface area contributed by atoms with Crippen LogP contribution in [0.2, 0.25) is 0 Å². The Morgan fingerprint density at radius 1 is 1.25 bits per heavy atom. The van der Waals surface area contributed by atoms with Crippen LogP contribution in [0.15, 0.2) is 24.3 Å². The van der Waals surface area contributed by atoms with Gasteiger partial charge in [0.05, 0.1) is 14.2 Å². The molecule has 1 amide bonds. The molecule has 0 N–H and O–H groups in total. The minimum Gasteiger partial charge on any atom is -0.497 e. The normalized spacial score (nSPS) is 18.5. The van der Waals surface area contributed by atoms with E-state index in [1.807, 2.05) is 0 Å². The zero-order valence-corrected chi connectivity index (χ0v) is 12.3. The Morgan fingerprint density at radius 3 is 2.55 bits per heavy atom. The van der Waals surface area contributed by atoms with Crippen molar-refractivity contribution in [1.29, 1.82) is 0 Å². The molecule has 0 unspecified atom stereocenters. The van der Waals surface area contributed by atoms with E-state index in [2.05, 4.69) is 0 Å². The van der Waals surface area contributed by atoms with Gasteiger partial charge in [-0.25, -0.2) is 0 Å². The molecule has 1 aliphatic heterocycles. The lowest BCUT2D eigenvalue weighted by Crippen LogP contribution is -2.44. The summed E-state index contributed by atoms with van der Waals surface area (Å²) < 4.78 is 9.81. The first kappa shape index (κ1) is 14.7. The number of hydrogen-bond donors (Lipinski definition) is 0. The molecule has 108 valence electrons. The topological polar surface area (TPSA) is 55.8 Å². The zero-order chi connectivity index (χ0) is 14.5. The van der Waals surface area contributed by atoms with Gasteiger partial charge in [-0.2, -0.15) is 0 Å². The fraction of sp³-hybridized carbons (Fsp3) is 0.429. The zero-order valence-electron chi connectivity index (χ0n) is 11.5. The van der Waals surface area contributed by atoms with Gasteiger partial charge in [-0.1, -0.05) is 0 Å². The average Bonchev–Trinajstić information content (AvgIpc) is 2.53. The molecule has 0 radical (unpaired) electrons. The molecule has 0 saturated carbocycles. The third kappa shape index (κ3) is 3.25. The molecule has 1 aliphatic rings. The number of methoxy groups -OCH3 is 2. The maximum absolute atomic E-state index is 12.4. The summed E-state index contributed by atoms with van der Waals surface area (Å²) in [7, 11) is 2.95. The van der Waals surface area contributed by atoms with Crippen molar-refractivity contribution in [2.75, 3.05) is 33.1 Å². The number of ether oxygens (including phenoxy) is 2. The highest BCUT2D eigenvalue weighted by Crippen LogP contribution is 2.22. The Hall–Kier alpha value is -1.69. The van der Waals surface area contributed by atoms with Crippen LogP contribution in [0, 0.1) is 0 Å². The molecule has 1 aromatic rings. The summed E-state index contributed by atoms with van der Waals surface area (Å²) in [4.78, 5) is 25.6. The lowest BCUT2D eigenvalue weighted by Gasteiger charge is -2.31. The maximum Gasteiger partial charge on any atom is 0.320 e. The minimum absolute atomic E-state index is 0.0677. The van der Waals surface area contributed by atoms with E-state index in [1.54, 1.807) is 36.3 Å². The van der Waals surface area contributed by atoms with Crippen LogP contribution in [0.3, 0.4) is 0 Å². The lowest BCUT2D eigenvalue weighted by atomic mass is 10.2. The van der Waals surface area contributed by atoms with Crippen molar-refractivity contribution < 1.29 is 19.1 Å². The summed E-state index contributed by atoms with van der Waals surface area (Å²) >= 11 is 1.53. The first-order valence-corrected chi connectivity index (χ1v) is 7.33. The van der Waals surface area contributed by atoms with Crippen molar-refractivity contribution >= 4 is 23.6 Å². The van der Waals surface area contributed by atoms with Gasteiger partial charge in [0.2, 0.25) is 0 Å². The largest absolute Gasteiger partial charge is 0.497 e. The van der Waals surface area contributed by atoms with Crippen LogP contribution in [-0.2, 0) is 9.53 Å².